The van der Waals surface area contributed by atoms with Gasteiger partial charge in [0.05, 0.1) is 28.1 Å². The van der Waals surface area contributed by atoms with E-state index >= 15 is 4.39 Å². The summed E-state index contributed by atoms with van der Waals surface area (Å²) in [5.74, 6) is -3.41. The molecule has 1 saturated carbocycles. The molecule has 0 spiro atoms. The molecule has 0 saturated heterocycles. The lowest BCUT2D eigenvalue weighted by molar-refractivity contribution is -0.151. The number of sulfone groups is 2. The molecule has 1 fully saturated rings. The Morgan fingerprint density at radius 1 is 1.06 bits per heavy atom. The van der Waals surface area contributed by atoms with Gasteiger partial charge in [0.2, 0.25) is 0 Å². The second-order valence-electron chi connectivity index (χ2n) is 9.28. The number of ketones is 1. The third kappa shape index (κ3) is 4.13. The summed E-state index contributed by atoms with van der Waals surface area (Å²) in [5.41, 5.74) is -2.57. The number of rotatable bonds is 7. The molecule has 1 aliphatic carbocycles. The van der Waals surface area contributed by atoms with Crippen LogP contribution in [0, 0.1) is 11.6 Å². The largest absolute Gasteiger partial charge is 0.487 e. The average Bonchev–Trinajstić information content (AvgIpc) is 2.80. The van der Waals surface area contributed by atoms with Crippen LogP contribution in [0.4, 0.5) is 8.78 Å². The van der Waals surface area contributed by atoms with Crippen LogP contribution >= 0.6 is 11.6 Å². The minimum Gasteiger partial charge on any atom is -0.487 e. The lowest BCUT2D eigenvalue weighted by Crippen LogP contribution is -2.66. The number of carbonyl (C=O) groups excluding carboxylic acids is 1. The smallest absolute Gasteiger partial charge is 0.191 e. The number of Topliss-reactive ketones (excluding diaryl/α,β-unsaturated/α-hetero) is 1. The Balaban J connectivity index is 1.97. The van der Waals surface area contributed by atoms with Gasteiger partial charge in [-0.3, -0.25) is 4.79 Å². The van der Waals surface area contributed by atoms with Gasteiger partial charge in [-0.05, 0) is 56.7 Å². The van der Waals surface area contributed by atoms with E-state index in [0.717, 1.165) is 12.1 Å². The Morgan fingerprint density at radius 3 is 2.33 bits per heavy atom. The molecule has 7 nitrogen and oxygen atoms in total. The molecule has 1 aliphatic heterocycles. The number of benzene rings is 2. The van der Waals surface area contributed by atoms with Crippen molar-refractivity contribution in [3.63, 3.8) is 0 Å². The van der Waals surface area contributed by atoms with E-state index in [1.54, 1.807) is 0 Å². The van der Waals surface area contributed by atoms with Gasteiger partial charge in [0.1, 0.15) is 28.6 Å². The molecular formula is C24H25ClF2O7S2. The predicted octanol–water partition coefficient (Wildman–Crippen LogP) is 4.01. The number of hydrogen-bond acceptors (Lipinski definition) is 7. The summed E-state index contributed by atoms with van der Waals surface area (Å²) in [5, 5.41) is -0.458. The summed E-state index contributed by atoms with van der Waals surface area (Å²) < 4.78 is 93.1. The fourth-order valence-corrected chi connectivity index (χ4v) is 8.30. The van der Waals surface area contributed by atoms with E-state index in [-0.39, 0.29) is 22.1 Å². The normalized spacial score (nSPS) is 24.2. The molecule has 4 rings (SSSR count). The van der Waals surface area contributed by atoms with E-state index < -0.39 is 90.0 Å². The molecule has 196 valence electrons. The Morgan fingerprint density at radius 2 is 1.69 bits per heavy atom. The summed E-state index contributed by atoms with van der Waals surface area (Å²) in [4.78, 5) is 12.4. The fourth-order valence-electron chi connectivity index (χ4n) is 4.98. The zero-order valence-electron chi connectivity index (χ0n) is 19.6. The molecule has 0 bridgehead atoms. The van der Waals surface area contributed by atoms with E-state index in [1.165, 1.54) is 38.1 Å². The minimum atomic E-state index is -4.59. The Kier molecular flexibility index (Phi) is 7.00. The summed E-state index contributed by atoms with van der Waals surface area (Å²) in [6.45, 7) is 1.91. The summed E-state index contributed by atoms with van der Waals surface area (Å²) in [6.07, 6.45) is -1.14. The molecule has 0 unspecified atom stereocenters. The summed E-state index contributed by atoms with van der Waals surface area (Å²) in [6, 6.07) is 6.80. The van der Waals surface area contributed by atoms with Gasteiger partial charge in [0.25, 0.3) is 0 Å². The van der Waals surface area contributed by atoms with Crippen molar-refractivity contribution in [3.05, 3.63) is 58.6 Å². The van der Waals surface area contributed by atoms with Crippen molar-refractivity contribution in [1.82, 2.24) is 0 Å². The van der Waals surface area contributed by atoms with Crippen LogP contribution in [-0.2, 0) is 34.0 Å². The van der Waals surface area contributed by atoms with Gasteiger partial charge in [-0.15, -0.1) is 0 Å². The lowest BCUT2D eigenvalue weighted by atomic mass is 9.69. The van der Waals surface area contributed by atoms with Crippen LogP contribution in [0.3, 0.4) is 0 Å². The van der Waals surface area contributed by atoms with Crippen LogP contribution < -0.4 is 4.74 Å². The van der Waals surface area contributed by atoms with Crippen LogP contribution in [0.25, 0.3) is 0 Å². The lowest BCUT2D eigenvalue weighted by Gasteiger charge is -2.54. The van der Waals surface area contributed by atoms with Gasteiger partial charge >= 0.3 is 0 Å². The molecule has 2 atom stereocenters. The summed E-state index contributed by atoms with van der Waals surface area (Å²) >= 11 is 5.94. The molecule has 0 amide bonds. The first-order chi connectivity index (χ1) is 16.8. The van der Waals surface area contributed by atoms with Crippen molar-refractivity contribution < 1.29 is 39.9 Å². The maximum absolute atomic E-state index is 15.5. The van der Waals surface area contributed by atoms with E-state index in [0.29, 0.717) is 0 Å². The van der Waals surface area contributed by atoms with Crippen LogP contribution in [0.2, 0.25) is 5.02 Å². The monoisotopic (exact) mass is 562 g/mol. The molecule has 0 radical (unpaired) electrons. The zero-order valence-corrected chi connectivity index (χ0v) is 22.0. The Labute approximate surface area is 213 Å². The quantitative estimate of drug-likeness (QED) is 0.502. The average molecular weight is 563 g/mol. The van der Waals surface area contributed by atoms with E-state index in [9.17, 15) is 26.0 Å². The highest BCUT2D eigenvalue weighted by Gasteiger charge is 2.69. The molecule has 36 heavy (non-hydrogen) atoms. The van der Waals surface area contributed by atoms with Crippen molar-refractivity contribution >= 4 is 37.1 Å². The van der Waals surface area contributed by atoms with Crippen molar-refractivity contribution in [2.24, 2.45) is 0 Å². The van der Waals surface area contributed by atoms with Crippen LogP contribution in [-0.4, -0.2) is 52.4 Å². The highest BCUT2D eigenvalue weighted by molar-refractivity contribution is 7.92. The van der Waals surface area contributed by atoms with Crippen LogP contribution in [0.1, 0.15) is 38.7 Å². The van der Waals surface area contributed by atoms with E-state index in [1.807, 2.05) is 0 Å². The second-order valence-corrected chi connectivity index (χ2v) is 14.6. The maximum atomic E-state index is 15.5. The molecule has 0 N–H and O–H groups in total. The molecule has 2 aromatic rings. The highest BCUT2D eigenvalue weighted by Crippen LogP contribution is 2.59. The predicted molar refractivity (Wildman–Crippen MR) is 129 cm³/mol. The topological polar surface area (TPSA) is 104 Å². The standard InChI is InChI=1S/C24H25ClF2O7S2/c1-15(2)35(29,30)12-11-34-23-13-17(28)9-10-24(23,36(31,32)18-5-3-16(25)4-6-18)21-19(26)7-8-20(27)22(21)33-14-23/h3-8,15H,9-14H2,1-2H3/t23-,24+/m0/s1. The minimum absolute atomic E-state index is 0.236. The summed E-state index contributed by atoms with van der Waals surface area (Å²) in [7, 11) is -8.18. The second kappa shape index (κ2) is 9.34. The number of ether oxygens (including phenoxy) is 2. The number of hydrogen-bond donors (Lipinski definition) is 0. The molecule has 1 heterocycles. The SMILES string of the molecule is CC(C)S(=O)(=O)CCO[C@@]12COc3c(F)ccc(F)c3[C@]1(S(=O)(=O)c1ccc(Cl)cc1)CCC(=O)C2. The molecular weight excluding hydrogens is 538 g/mol. The van der Waals surface area contributed by atoms with Gasteiger partial charge in [0, 0.05) is 17.9 Å². The van der Waals surface area contributed by atoms with E-state index in [4.69, 9.17) is 21.1 Å². The molecule has 0 aromatic heterocycles. The van der Waals surface area contributed by atoms with Gasteiger partial charge in [-0.25, -0.2) is 25.6 Å². The first-order valence-electron chi connectivity index (χ1n) is 11.3. The first kappa shape index (κ1) is 27.0. The van der Waals surface area contributed by atoms with Crippen LogP contribution in [0.15, 0.2) is 41.3 Å². The fraction of sp³-hybridized carbons (Fsp3) is 0.458. The first-order valence-corrected chi connectivity index (χ1v) is 14.8. The molecule has 12 heteroatoms. The van der Waals surface area contributed by atoms with Gasteiger partial charge in [-0.2, -0.15) is 0 Å². The van der Waals surface area contributed by atoms with E-state index in [2.05, 4.69) is 0 Å². The van der Waals surface area contributed by atoms with Crippen LogP contribution in [0.5, 0.6) is 5.75 Å². The number of halogens is 3. The van der Waals surface area contributed by atoms with Crippen molar-refractivity contribution in [1.29, 1.82) is 0 Å². The molecule has 2 aromatic carbocycles. The van der Waals surface area contributed by atoms with Gasteiger partial charge in [0.15, 0.2) is 31.2 Å². The van der Waals surface area contributed by atoms with Crippen molar-refractivity contribution in [3.8, 4) is 5.75 Å². The third-order valence-electron chi connectivity index (χ3n) is 6.93. The highest BCUT2D eigenvalue weighted by atomic mass is 35.5. The van der Waals surface area contributed by atoms with Gasteiger partial charge in [-0.1, -0.05) is 11.6 Å². The Hall–Kier alpha value is -2.08. The third-order valence-corrected chi connectivity index (χ3v) is 11.9. The number of fused-ring (bicyclic) bond motifs is 3. The van der Waals surface area contributed by atoms with Gasteiger partial charge < -0.3 is 9.47 Å². The Bertz CT molecular complexity index is 1410. The molecule has 2 aliphatic rings. The van der Waals surface area contributed by atoms with Crippen molar-refractivity contribution in [2.45, 2.75) is 53.6 Å². The van der Waals surface area contributed by atoms with Crippen molar-refractivity contribution in [2.75, 3.05) is 19.0 Å². The maximum Gasteiger partial charge on any atom is 0.191 e. The number of carbonyl (C=O) groups is 1. The zero-order chi connectivity index (χ0) is 26.5.